The molecule has 1 heterocycles. The number of benzene rings is 3. The van der Waals surface area contributed by atoms with Crippen molar-refractivity contribution in [3.8, 4) is 29.1 Å². The van der Waals surface area contributed by atoms with E-state index < -0.39 is 11.9 Å². The lowest BCUT2D eigenvalue weighted by Crippen LogP contribution is -2.21. The highest BCUT2D eigenvalue weighted by atomic mass is 16.6. The Morgan fingerprint density at radius 3 is 2.21 bits per heavy atom. The third-order valence-corrected chi connectivity index (χ3v) is 7.23. The third-order valence-electron chi connectivity index (χ3n) is 7.23. The van der Waals surface area contributed by atoms with Crippen molar-refractivity contribution in [1.82, 2.24) is 0 Å². The summed E-state index contributed by atoms with van der Waals surface area (Å²) in [6.07, 6.45) is 5.89. The van der Waals surface area contributed by atoms with Crippen LogP contribution in [0.25, 0.3) is 0 Å². The molecule has 7 nitrogen and oxygen atoms in total. The molecule has 3 aromatic carbocycles. The van der Waals surface area contributed by atoms with Gasteiger partial charge in [-0.3, -0.25) is 0 Å². The Kier molecular flexibility index (Phi) is 10.1. The van der Waals surface area contributed by atoms with E-state index in [9.17, 15) is 10.1 Å². The van der Waals surface area contributed by atoms with Crippen molar-refractivity contribution in [3.63, 3.8) is 0 Å². The van der Waals surface area contributed by atoms with Gasteiger partial charge in [0.2, 0.25) is 5.88 Å². The minimum atomic E-state index is -0.551. The average molecular weight is 569 g/mol. The van der Waals surface area contributed by atoms with Gasteiger partial charge in [0.1, 0.15) is 34.6 Å². The Hall–Kier alpha value is -4.44. The summed E-state index contributed by atoms with van der Waals surface area (Å²) in [5, 5.41) is 9.88. The van der Waals surface area contributed by atoms with Crippen molar-refractivity contribution in [1.29, 1.82) is 5.26 Å². The van der Waals surface area contributed by atoms with Crippen molar-refractivity contribution in [2.75, 3.05) is 13.2 Å². The molecule has 0 bridgehead atoms. The fraction of sp³-hybridized carbons (Fsp3) is 0.371. The smallest absolute Gasteiger partial charge is 0.349 e. The number of hydrogen-bond acceptors (Lipinski definition) is 7. The number of carbonyl (C=O) groups is 1. The molecule has 1 aliphatic heterocycles. The number of nitriles is 1. The quantitative estimate of drug-likeness (QED) is 0.137. The highest BCUT2D eigenvalue weighted by molar-refractivity contribution is 5.74. The average Bonchev–Trinajstić information content (AvgIpc) is 2.97. The van der Waals surface area contributed by atoms with Gasteiger partial charge in [-0.2, -0.15) is 5.26 Å². The van der Waals surface area contributed by atoms with Crippen LogP contribution >= 0.6 is 0 Å². The summed E-state index contributed by atoms with van der Waals surface area (Å²) in [7, 11) is 0. The minimum absolute atomic E-state index is 0.0212. The summed E-state index contributed by atoms with van der Waals surface area (Å²) in [4.78, 5) is 12.5. The number of rotatable bonds is 12. The Morgan fingerprint density at radius 2 is 1.55 bits per heavy atom. The second-order valence-corrected chi connectivity index (χ2v) is 11.5. The largest absolute Gasteiger partial charge is 0.494 e. The Morgan fingerprint density at radius 1 is 0.905 bits per heavy atom. The summed E-state index contributed by atoms with van der Waals surface area (Å²) in [5.41, 5.74) is 9.32. The van der Waals surface area contributed by atoms with E-state index in [1.54, 1.807) is 18.2 Å². The number of nitrogens with zero attached hydrogens (tertiary/aromatic N) is 1. The fourth-order valence-electron chi connectivity index (χ4n) is 4.85. The van der Waals surface area contributed by atoms with E-state index in [0.717, 1.165) is 29.7 Å². The number of fused-ring (bicyclic) bond motifs is 1. The third kappa shape index (κ3) is 7.85. The number of ether oxygens (including phenoxy) is 4. The molecule has 0 fully saturated rings. The maximum atomic E-state index is 12.5. The molecule has 1 unspecified atom stereocenters. The molecule has 0 radical (unpaired) electrons. The van der Waals surface area contributed by atoms with Crippen LogP contribution in [-0.2, 0) is 10.2 Å². The number of hydrogen-bond donors (Lipinski definition) is 1. The zero-order valence-corrected chi connectivity index (χ0v) is 24.9. The van der Waals surface area contributed by atoms with Crippen molar-refractivity contribution in [2.24, 2.45) is 5.73 Å². The van der Waals surface area contributed by atoms with Gasteiger partial charge in [-0.25, -0.2) is 4.79 Å². The van der Waals surface area contributed by atoms with Gasteiger partial charge in [-0.1, -0.05) is 83.7 Å². The lowest BCUT2D eigenvalue weighted by Gasteiger charge is -2.26. The molecule has 1 aliphatic rings. The second kappa shape index (κ2) is 14.0. The summed E-state index contributed by atoms with van der Waals surface area (Å²) in [6.45, 7) is 9.04. The lowest BCUT2D eigenvalue weighted by atomic mass is 9.83. The van der Waals surface area contributed by atoms with Crippen LogP contribution in [0.4, 0.5) is 0 Å². The van der Waals surface area contributed by atoms with Gasteiger partial charge in [-0.15, -0.1) is 0 Å². The molecule has 0 saturated carbocycles. The van der Waals surface area contributed by atoms with Crippen LogP contribution in [0.1, 0.15) is 82.4 Å². The monoisotopic (exact) mass is 568 g/mol. The predicted octanol–water partition coefficient (Wildman–Crippen LogP) is 7.54. The highest BCUT2D eigenvalue weighted by Crippen LogP contribution is 2.43. The normalized spacial score (nSPS) is 14.4. The first-order chi connectivity index (χ1) is 20.2. The summed E-state index contributed by atoms with van der Waals surface area (Å²) < 4.78 is 22.8. The van der Waals surface area contributed by atoms with Gasteiger partial charge in [0.25, 0.3) is 0 Å². The van der Waals surface area contributed by atoms with Crippen molar-refractivity contribution in [2.45, 2.75) is 71.1 Å². The van der Waals surface area contributed by atoms with Gasteiger partial charge >= 0.3 is 5.97 Å². The van der Waals surface area contributed by atoms with Gasteiger partial charge in [0.05, 0.1) is 12.5 Å². The number of unbranched alkanes of at least 4 members (excludes halogenated alkanes) is 4. The molecule has 0 aliphatic carbocycles. The van der Waals surface area contributed by atoms with Crippen LogP contribution in [0.3, 0.4) is 0 Å². The molecule has 0 amide bonds. The van der Waals surface area contributed by atoms with Crippen LogP contribution in [-0.4, -0.2) is 19.2 Å². The van der Waals surface area contributed by atoms with Gasteiger partial charge in [0, 0.05) is 11.6 Å². The number of carbonyl (C=O) groups excluding carboxylic acids is 1. The van der Waals surface area contributed by atoms with Crippen molar-refractivity contribution >= 4 is 5.97 Å². The van der Waals surface area contributed by atoms with E-state index in [-0.39, 0.29) is 17.9 Å². The van der Waals surface area contributed by atoms with Crippen LogP contribution in [0.15, 0.2) is 78.2 Å². The molecule has 7 heteroatoms. The number of allylic oxidation sites excluding steroid dienone is 1. The topological polar surface area (TPSA) is 104 Å². The fourth-order valence-corrected chi connectivity index (χ4v) is 4.85. The van der Waals surface area contributed by atoms with Crippen LogP contribution in [0.2, 0.25) is 0 Å². The van der Waals surface area contributed by atoms with E-state index in [2.05, 4.69) is 33.8 Å². The molecule has 0 spiro atoms. The first-order valence-electron chi connectivity index (χ1n) is 14.6. The van der Waals surface area contributed by atoms with Gasteiger partial charge < -0.3 is 24.7 Å². The lowest BCUT2D eigenvalue weighted by molar-refractivity contribution is -0.136. The SMILES string of the molecule is CCCCCCCOc1ccc(C2C(C#N)=C(N)Oc3cc(OC(=O)COc4ccc(C(C)(C)C)cc4)ccc32)cc1. The maximum absolute atomic E-state index is 12.5. The zero-order chi connectivity index (χ0) is 30.1. The standard InChI is InChI=1S/C35H40N2O5/c1-5-6-7-8-9-20-39-26-14-10-24(11-15-26)33-29-19-18-28(21-31(29)42-34(37)30(33)22-36)41-32(38)23-40-27-16-12-25(13-17-27)35(2,3)4/h10-19,21,33H,5-9,20,23,37H2,1-4H3. The first-order valence-corrected chi connectivity index (χ1v) is 14.6. The summed E-state index contributed by atoms with van der Waals surface area (Å²) in [6, 6.07) is 22.6. The Balaban J connectivity index is 1.41. The van der Waals surface area contributed by atoms with Gasteiger partial charge in [-0.05, 0) is 53.3 Å². The van der Waals surface area contributed by atoms with E-state index in [1.165, 1.54) is 24.8 Å². The number of nitrogens with two attached hydrogens (primary N) is 1. The summed E-state index contributed by atoms with van der Waals surface area (Å²) in [5.74, 6) is 1.13. The molecule has 0 aromatic heterocycles. The van der Waals surface area contributed by atoms with Gasteiger partial charge in [0.15, 0.2) is 6.61 Å². The van der Waals surface area contributed by atoms with E-state index >= 15 is 0 Å². The zero-order valence-electron chi connectivity index (χ0n) is 24.9. The van der Waals surface area contributed by atoms with Crippen LogP contribution in [0, 0.1) is 11.3 Å². The molecular weight excluding hydrogens is 528 g/mol. The van der Waals surface area contributed by atoms with E-state index in [4.69, 9.17) is 24.7 Å². The van der Waals surface area contributed by atoms with Crippen molar-refractivity contribution < 1.29 is 23.7 Å². The van der Waals surface area contributed by atoms with Crippen LogP contribution in [0.5, 0.6) is 23.0 Å². The molecule has 1 atom stereocenters. The molecular formula is C35H40N2O5. The Bertz CT molecular complexity index is 1430. The van der Waals surface area contributed by atoms with Crippen molar-refractivity contribution in [3.05, 3.63) is 94.9 Å². The first kappa shape index (κ1) is 30.5. The molecule has 0 saturated heterocycles. The minimum Gasteiger partial charge on any atom is -0.494 e. The molecule has 42 heavy (non-hydrogen) atoms. The van der Waals surface area contributed by atoms with E-state index in [0.29, 0.717) is 29.4 Å². The summed E-state index contributed by atoms with van der Waals surface area (Å²) >= 11 is 0. The highest BCUT2D eigenvalue weighted by Gasteiger charge is 2.31. The molecule has 2 N–H and O–H groups in total. The second-order valence-electron chi connectivity index (χ2n) is 11.5. The van der Waals surface area contributed by atoms with E-state index in [1.807, 2.05) is 48.5 Å². The predicted molar refractivity (Wildman–Crippen MR) is 163 cm³/mol. The molecule has 220 valence electrons. The maximum Gasteiger partial charge on any atom is 0.349 e. The number of esters is 1. The van der Waals surface area contributed by atoms with Crippen LogP contribution < -0.4 is 24.7 Å². The Labute approximate surface area is 248 Å². The molecule has 3 aromatic rings. The molecule has 4 rings (SSSR count).